The molecule has 95 valence electrons. The van der Waals surface area contributed by atoms with Crippen molar-refractivity contribution in [1.29, 1.82) is 0 Å². The van der Waals surface area contributed by atoms with Gasteiger partial charge >= 0.3 is 11.8 Å². The average Bonchev–Trinajstić information content (AvgIpc) is 2.81. The molecule has 7 heteroatoms. The second-order valence-corrected chi connectivity index (χ2v) is 4.11. The number of hydrogen-bond donors (Lipinski definition) is 0. The smallest absolute Gasteiger partial charge is 0.270 e. The molecule has 1 saturated heterocycles. The lowest BCUT2D eigenvalue weighted by Gasteiger charge is -2.20. The molecule has 2 heterocycles. The molecule has 0 aromatic carbocycles. The van der Waals surface area contributed by atoms with Gasteiger partial charge in [-0.05, 0) is 6.92 Å². The number of nitrogens with zero attached hydrogens (tertiary/aromatic N) is 2. The fourth-order valence-electron chi connectivity index (χ4n) is 1.80. The molecule has 0 saturated carbocycles. The van der Waals surface area contributed by atoms with Crippen LogP contribution in [0.15, 0.2) is 12.2 Å². The molecule has 0 spiro atoms. The molecule has 0 aliphatic carbocycles. The van der Waals surface area contributed by atoms with Gasteiger partial charge in [-0.3, -0.25) is 14.5 Å². The Hall–Kier alpha value is -1.86. The van der Waals surface area contributed by atoms with Crippen LogP contribution < -0.4 is 5.06 Å². The van der Waals surface area contributed by atoms with E-state index in [0.717, 1.165) is 4.90 Å². The minimum Gasteiger partial charge on any atom is -0.270 e. The average molecular weight is 252 g/mol. The number of carbonyl (C=O) groups is 4. The van der Waals surface area contributed by atoms with Crippen LogP contribution in [-0.2, 0) is 24.0 Å². The second kappa shape index (κ2) is 4.79. The normalized spacial score (nSPS) is 22.4. The van der Waals surface area contributed by atoms with Crippen molar-refractivity contribution in [2.75, 3.05) is 6.61 Å². The molecule has 1 atom stereocenters. The molecule has 0 aromatic heterocycles. The summed E-state index contributed by atoms with van der Waals surface area (Å²) in [4.78, 5) is 51.3. The third kappa shape index (κ3) is 2.22. The van der Waals surface area contributed by atoms with Crippen LogP contribution in [0.25, 0.3) is 0 Å². The van der Waals surface area contributed by atoms with Gasteiger partial charge in [0.05, 0.1) is 18.9 Å². The summed E-state index contributed by atoms with van der Waals surface area (Å²) in [5.74, 6) is -1.64. The minimum absolute atomic E-state index is 0.0867. The van der Waals surface area contributed by atoms with E-state index in [2.05, 4.69) is 0 Å². The molecule has 2 aliphatic rings. The van der Waals surface area contributed by atoms with E-state index in [4.69, 9.17) is 4.84 Å². The highest BCUT2D eigenvalue weighted by Crippen LogP contribution is 2.12. The van der Waals surface area contributed by atoms with Crippen molar-refractivity contribution >= 4 is 23.6 Å². The van der Waals surface area contributed by atoms with Crippen molar-refractivity contribution in [2.24, 2.45) is 0 Å². The van der Waals surface area contributed by atoms with Crippen LogP contribution >= 0.6 is 0 Å². The van der Waals surface area contributed by atoms with Crippen LogP contribution in [0.2, 0.25) is 0 Å². The molecular formula is C11H12N2O5+. The summed E-state index contributed by atoms with van der Waals surface area (Å²) >= 11 is 0. The van der Waals surface area contributed by atoms with Crippen molar-refractivity contribution in [2.45, 2.75) is 25.8 Å². The van der Waals surface area contributed by atoms with Crippen LogP contribution in [0.5, 0.6) is 0 Å². The highest BCUT2D eigenvalue weighted by atomic mass is 16.7. The highest BCUT2D eigenvalue weighted by Gasteiger charge is 2.46. The summed E-state index contributed by atoms with van der Waals surface area (Å²) < 4.78 is 0. The first-order chi connectivity index (χ1) is 8.50. The first-order valence-electron chi connectivity index (χ1n) is 5.54. The Morgan fingerprint density at radius 2 is 1.67 bits per heavy atom. The van der Waals surface area contributed by atoms with E-state index in [0.29, 0.717) is 5.06 Å². The quantitative estimate of drug-likeness (QED) is 0.484. The molecule has 1 unspecified atom stereocenters. The predicted octanol–water partition coefficient (Wildman–Crippen LogP) is -0.781. The second-order valence-electron chi connectivity index (χ2n) is 4.11. The summed E-state index contributed by atoms with van der Waals surface area (Å²) in [6.45, 7) is 1.52. The summed E-state index contributed by atoms with van der Waals surface area (Å²) in [7, 11) is 0. The molecule has 1 fully saturated rings. The zero-order valence-corrected chi connectivity index (χ0v) is 9.79. The number of hydroxylamine groups is 2. The lowest BCUT2D eigenvalue weighted by Crippen LogP contribution is -2.44. The van der Waals surface area contributed by atoms with Gasteiger partial charge in [-0.25, -0.2) is 9.59 Å². The molecule has 2 rings (SSSR count). The van der Waals surface area contributed by atoms with Crippen LogP contribution in [0.1, 0.15) is 19.8 Å². The minimum atomic E-state index is -0.541. The van der Waals surface area contributed by atoms with Crippen LogP contribution in [0, 0.1) is 0 Å². The Kier molecular flexibility index (Phi) is 3.35. The van der Waals surface area contributed by atoms with Gasteiger partial charge in [0.15, 0.2) is 0 Å². The monoisotopic (exact) mass is 252 g/mol. The van der Waals surface area contributed by atoms with Crippen molar-refractivity contribution in [3.8, 4) is 0 Å². The van der Waals surface area contributed by atoms with Crippen molar-refractivity contribution in [1.82, 2.24) is 9.96 Å². The van der Waals surface area contributed by atoms with Crippen molar-refractivity contribution < 1.29 is 24.0 Å². The van der Waals surface area contributed by atoms with E-state index in [-0.39, 0.29) is 19.4 Å². The molecule has 0 bridgehead atoms. The van der Waals surface area contributed by atoms with E-state index in [9.17, 15) is 19.2 Å². The standard InChI is InChI=1S/C11H12N2O5/c1-7(12-8(14)2-3-9(12)15)6-18-13-10(16)4-5-11(13)17/h2-3,7H,4-6H2,1H3/q+1. The Labute approximate surface area is 103 Å². The summed E-state index contributed by atoms with van der Waals surface area (Å²) in [5, 5.41) is 0.703. The predicted molar refractivity (Wildman–Crippen MR) is 57.8 cm³/mol. The number of amides is 4. The Bertz CT molecular complexity index is 422. The highest BCUT2D eigenvalue weighted by molar-refractivity contribution is 6.13. The molecule has 0 aromatic rings. The summed E-state index contributed by atoms with van der Waals surface area (Å²) in [5.41, 5.74) is 0. The maximum atomic E-state index is 11.4. The molecule has 18 heavy (non-hydrogen) atoms. The maximum absolute atomic E-state index is 11.4. The molecule has 2 aliphatic heterocycles. The van der Waals surface area contributed by atoms with Gasteiger partial charge in [-0.1, -0.05) is 0 Å². The van der Waals surface area contributed by atoms with E-state index < -0.39 is 29.7 Å². The first kappa shape index (κ1) is 12.6. The van der Waals surface area contributed by atoms with Crippen LogP contribution in [0.3, 0.4) is 0 Å². The van der Waals surface area contributed by atoms with Crippen LogP contribution in [-0.4, -0.2) is 41.2 Å². The van der Waals surface area contributed by atoms with Gasteiger partial charge in [0.2, 0.25) is 0 Å². The van der Waals surface area contributed by atoms with Gasteiger partial charge in [0.1, 0.15) is 11.7 Å². The fraction of sp³-hybridized carbons (Fsp3) is 0.455. The van der Waals surface area contributed by atoms with E-state index in [1.165, 1.54) is 12.2 Å². The van der Waals surface area contributed by atoms with Crippen molar-refractivity contribution in [3.63, 3.8) is 0 Å². The Morgan fingerprint density at radius 3 is 2.17 bits per heavy atom. The molecule has 0 N–H and O–H groups in total. The maximum Gasteiger partial charge on any atom is 0.407 e. The Balaban J connectivity index is 1.91. The van der Waals surface area contributed by atoms with E-state index in [1.54, 1.807) is 6.92 Å². The molecule has 7 nitrogen and oxygen atoms in total. The number of rotatable bonds is 4. The molecular weight excluding hydrogens is 240 g/mol. The third-order valence-electron chi connectivity index (χ3n) is 2.73. The van der Waals surface area contributed by atoms with Gasteiger partial charge in [-0.2, -0.15) is 0 Å². The van der Waals surface area contributed by atoms with Gasteiger partial charge in [-0.15, -0.1) is 4.84 Å². The van der Waals surface area contributed by atoms with Gasteiger partial charge < -0.3 is 0 Å². The fourth-order valence-corrected chi connectivity index (χ4v) is 1.80. The Morgan fingerprint density at radius 1 is 1.17 bits per heavy atom. The largest absolute Gasteiger partial charge is 0.407 e. The first-order valence-corrected chi connectivity index (χ1v) is 5.54. The van der Waals surface area contributed by atoms with Crippen LogP contribution in [0.4, 0.5) is 0 Å². The lowest BCUT2D eigenvalue weighted by molar-refractivity contribution is -0.164. The SMILES string of the molecule is CC(CO[N+]1C(=O)CCC1=O)N1C(=O)C=CC1=O. The van der Waals surface area contributed by atoms with E-state index >= 15 is 0 Å². The topological polar surface area (TPSA) is 86.7 Å². The third-order valence-corrected chi connectivity index (χ3v) is 2.73. The van der Waals surface area contributed by atoms with Crippen molar-refractivity contribution in [3.05, 3.63) is 12.2 Å². The number of hydrogen-bond acceptors (Lipinski definition) is 5. The molecule has 4 amide bonds. The summed E-state index contributed by atoms with van der Waals surface area (Å²) in [6, 6.07) is -0.541. The number of carbonyl (C=O) groups excluding carboxylic acids is 4. The lowest BCUT2D eigenvalue weighted by atomic mass is 10.3. The van der Waals surface area contributed by atoms with E-state index in [1.807, 2.05) is 0 Å². The zero-order chi connectivity index (χ0) is 13.3. The molecule has 1 radical (unpaired) electrons. The van der Waals surface area contributed by atoms with Gasteiger partial charge in [0.25, 0.3) is 11.8 Å². The zero-order valence-electron chi connectivity index (χ0n) is 9.79. The van der Waals surface area contributed by atoms with Gasteiger partial charge in [0, 0.05) is 12.2 Å². The summed E-state index contributed by atoms with van der Waals surface area (Å²) in [6.07, 6.45) is 2.61. The number of imide groups is 2.